The van der Waals surface area contributed by atoms with Gasteiger partial charge in [0.1, 0.15) is 6.54 Å². The van der Waals surface area contributed by atoms with Crippen LogP contribution in [0.3, 0.4) is 0 Å². The molecule has 0 fully saturated rings. The van der Waals surface area contributed by atoms with E-state index >= 15 is 0 Å². The molecule has 0 bridgehead atoms. The second-order valence-corrected chi connectivity index (χ2v) is 1.62. The van der Waals surface area contributed by atoms with Gasteiger partial charge >= 0.3 is 0 Å². The van der Waals surface area contributed by atoms with Gasteiger partial charge in [-0.3, -0.25) is 10.9 Å². The molecule has 0 aromatic rings. The van der Waals surface area contributed by atoms with Gasteiger partial charge in [0, 0.05) is 0 Å². The number of nitrogens with one attached hydrogen (secondary N) is 1. The molecule has 0 aromatic heterocycles. The second-order valence-electron chi connectivity index (χ2n) is 1.62. The fourth-order valence-corrected chi connectivity index (χ4v) is 0.532. The molecule has 0 saturated carbocycles. The maximum atomic E-state index is 10.4. The minimum atomic E-state index is 0.497. The van der Waals surface area contributed by atoms with Crippen LogP contribution in [0.15, 0.2) is 12.4 Å². The van der Waals surface area contributed by atoms with Gasteiger partial charge in [-0.2, -0.15) is 10.3 Å². The first-order valence-electron chi connectivity index (χ1n) is 2.53. The van der Waals surface area contributed by atoms with Gasteiger partial charge in [0.05, 0.1) is 6.20 Å². The van der Waals surface area contributed by atoms with Gasteiger partial charge in [0.2, 0.25) is 0 Å². The highest BCUT2D eigenvalue weighted by Crippen LogP contribution is 1.86. The van der Waals surface area contributed by atoms with Crippen molar-refractivity contribution >= 4 is 6.21 Å². The van der Waals surface area contributed by atoms with E-state index in [-0.39, 0.29) is 0 Å². The van der Waals surface area contributed by atoms with Crippen LogP contribution in [-0.2, 0) is 0 Å². The molecule has 1 aliphatic rings. The zero-order valence-corrected chi connectivity index (χ0v) is 4.82. The van der Waals surface area contributed by atoms with E-state index in [0.717, 1.165) is 4.74 Å². The number of nitrogens with two attached hydrogens (primary N) is 1. The van der Waals surface area contributed by atoms with Crippen molar-refractivity contribution in [3.05, 3.63) is 17.6 Å². The van der Waals surface area contributed by atoms with Crippen molar-refractivity contribution in [1.82, 2.24) is 10.5 Å². The highest BCUT2D eigenvalue weighted by Gasteiger charge is 2.01. The predicted octanol–water partition coefficient (Wildman–Crippen LogP) is -1.27. The standard InChI is InChI=1S/C4H8N4O/c5-6-7-1-3-8(9)4-2-7/h1,3-4,6H,2,5H2. The molecule has 0 unspecified atom stereocenters. The van der Waals surface area contributed by atoms with Crippen LogP contribution in [-0.4, -0.2) is 22.5 Å². The smallest absolute Gasteiger partial charge is 0.197 e. The Hall–Kier alpha value is -1.07. The molecule has 0 radical (unpaired) electrons. The van der Waals surface area contributed by atoms with Crippen molar-refractivity contribution in [2.75, 3.05) is 6.54 Å². The van der Waals surface area contributed by atoms with Crippen LogP contribution in [0, 0.1) is 5.21 Å². The summed E-state index contributed by atoms with van der Waals surface area (Å²) in [4.78, 5) is 0. The van der Waals surface area contributed by atoms with E-state index in [9.17, 15) is 5.21 Å². The molecule has 0 amide bonds. The molecular weight excluding hydrogens is 120 g/mol. The average Bonchev–Trinajstić information content (AvgIpc) is 1.90. The molecule has 0 aromatic carbocycles. The van der Waals surface area contributed by atoms with Crippen molar-refractivity contribution in [1.29, 1.82) is 0 Å². The fraction of sp³-hybridized carbons (Fsp3) is 0.250. The maximum Gasteiger partial charge on any atom is 0.197 e. The first kappa shape index (κ1) is 6.06. The molecule has 0 aliphatic carbocycles. The Kier molecular flexibility index (Phi) is 1.66. The number of hydrogen-bond donors (Lipinski definition) is 2. The van der Waals surface area contributed by atoms with Crippen LogP contribution in [0.1, 0.15) is 0 Å². The SMILES string of the molecule is NNN1C=C[N+]([O-])=CC1. The zero-order chi connectivity index (χ0) is 6.69. The second kappa shape index (κ2) is 2.47. The molecule has 1 rings (SSSR count). The van der Waals surface area contributed by atoms with Crippen molar-refractivity contribution in [2.45, 2.75) is 0 Å². The van der Waals surface area contributed by atoms with Gasteiger partial charge in [-0.05, 0) is 0 Å². The summed E-state index contributed by atoms with van der Waals surface area (Å²) in [6, 6.07) is 0. The van der Waals surface area contributed by atoms with E-state index in [0.29, 0.717) is 6.54 Å². The van der Waals surface area contributed by atoms with E-state index in [4.69, 9.17) is 5.84 Å². The lowest BCUT2D eigenvalue weighted by Gasteiger charge is -2.16. The highest BCUT2D eigenvalue weighted by atomic mass is 16.5. The summed E-state index contributed by atoms with van der Waals surface area (Å²) < 4.78 is 0.730. The lowest BCUT2D eigenvalue weighted by Crippen LogP contribution is -2.42. The lowest BCUT2D eigenvalue weighted by atomic mass is 10.6. The Morgan fingerprint density at radius 3 is 3.00 bits per heavy atom. The third-order valence-corrected chi connectivity index (χ3v) is 1.02. The van der Waals surface area contributed by atoms with Crippen LogP contribution in [0.4, 0.5) is 0 Å². The molecule has 0 saturated heterocycles. The molecular formula is C4H8N4O. The van der Waals surface area contributed by atoms with Gasteiger partial charge in [-0.25, -0.2) is 0 Å². The molecule has 0 atom stereocenters. The van der Waals surface area contributed by atoms with E-state index in [1.54, 1.807) is 11.2 Å². The Balaban J connectivity index is 2.48. The lowest BCUT2D eigenvalue weighted by molar-refractivity contribution is -0.378. The highest BCUT2D eigenvalue weighted by molar-refractivity contribution is 5.55. The van der Waals surface area contributed by atoms with Crippen molar-refractivity contribution in [3.63, 3.8) is 0 Å². The van der Waals surface area contributed by atoms with Crippen LogP contribution in [0.5, 0.6) is 0 Å². The first-order chi connectivity index (χ1) is 4.33. The minimum absolute atomic E-state index is 0.497. The number of nitrogens with zero attached hydrogens (tertiary/aromatic N) is 2. The summed E-state index contributed by atoms with van der Waals surface area (Å²) in [6.45, 7) is 0.497. The van der Waals surface area contributed by atoms with Crippen molar-refractivity contribution in [3.8, 4) is 0 Å². The zero-order valence-electron chi connectivity index (χ0n) is 4.82. The Morgan fingerprint density at radius 2 is 2.56 bits per heavy atom. The minimum Gasteiger partial charge on any atom is -0.619 e. The van der Waals surface area contributed by atoms with Crippen LogP contribution >= 0.6 is 0 Å². The van der Waals surface area contributed by atoms with Gasteiger partial charge in [-0.15, -0.1) is 0 Å². The van der Waals surface area contributed by atoms with Crippen LogP contribution in [0.2, 0.25) is 0 Å². The Labute approximate surface area is 52.6 Å². The van der Waals surface area contributed by atoms with E-state index < -0.39 is 0 Å². The van der Waals surface area contributed by atoms with E-state index in [1.165, 1.54) is 12.4 Å². The van der Waals surface area contributed by atoms with Gasteiger partial charge in [-0.1, -0.05) is 0 Å². The quantitative estimate of drug-likeness (QED) is 0.200. The van der Waals surface area contributed by atoms with E-state index in [2.05, 4.69) is 5.53 Å². The Morgan fingerprint density at radius 1 is 1.78 bits per heavy atom. The normalized spacial score (nSPS) is 17.9. The fourth-order valence-electron chi connectivity index (χ4n) is 0.532. The van der Waals surface area contributed by atoms with Crippen LogP contribution < -0.4 is 11.4 Å². The molecule has 3 N–H and O–H groups in total. The number of rotatable bonds is 1. The van der Waals surface area contributed by atoms with Crippen molar-refractivity contribution < 1.29 is 4.74 Å². The van der Waals surface area contributed by atoms with Gasteiger partial charge in [0.15, 0.2) is 12.4 Å². The van der Waals surface area contributed by atoms with Crippen LogP contribution in [0.25, 0.3) is 0 Å². The largest absolute Gasteiger partial charge is 0.619 e. The van der Waals surface area contributed by atoms with E-state index in [1.807, 2.05) is 0 Å². The number of hydrogen-bond acceptors (Lipinski definition) is 4. The van der Waals surface area contributed by atoms with Gasteiger partial charge in [0.25, 0.3) is 0 Å². The summed E-state index contributed by atoms with van der Waals surface area (Å²) >= 11 is 0. The average molecular weight is 128 g/mol. The predicted molar refractivity (Wildman–Crippen MR) is 32.9 cm³/mol. The maximum absolute atomic E-state index is 10.4. The molecule has 1 heterocycles. The Bertz CT molecular complexity index is 153. The molecule has 50 valence electrons. The van der Waals surface area contributed by atoms with Crippen molar-refractivity contribution in [2.24, 2.45) is 5.84 Å². The molecule has 5 heteroatoms. The monoisotopic (exact) mass is 128 g/mol. The summed E-state index contributed by atoms with van der Waals surface area (Å²) in [5.74, 6) is 5.03. The molecule has 5 nitrogen and oxygen atoms in total. The summed E-state index contributed by atoms with van der Waals surface area (Å²) in [7, 11) is 0. The molecule has 0 spiro atoms. The molecule has 9 heavy (non-hydrogen) atoms. The summed E-state index contributed by atoms with van der Waals surface area (Å²) in [5.41, 5.74) is 2.37. The first-order valence-corrected chi connectivity index (χ1v) is 2.53. The summed E-state index contributed by atoms with van der Waals surface area (Å²) in [5, 5.41) is 12.0. The third kappa shape index (κ3) is 1.41. The van der Waals surface area contributed by atoms with Gasteiger partial charge < -0.3 is 5.21 Å². The molecule has 1 aliphatic heterocycles. The third-order valence-electron chi connectivity index (χ3n) is 1.02. The summed E-state index contributed by atoms with van der Waals surface area (Å²) in [6.07, 6.45) is 4.39. The number of hydrazine groups is 2. The number of hydroxylamine groups is 1. The topological polar surface area (TPSA) is 67.4 Å².